The fourth-order valence-corrected chi connectivity index (χ4v) is 4.28. The van der Waals surface area contributed by atoms with Crippen LogP contribution in [0.2, 0.25) is 0 Å². The Kier molecular flexibility index (Phi) is 7.26. The molecule has 2 aromatic rings. The van der Waals surface area contributed by atoms with Gasteiger partial charge in [-0.05, 0) is 36.8 Å². The Morgan fingerprint density at radius 1 is 1.22 bits per heavy atom. The molecule has 172 valence electrons. The lowest BCUT2D eigenvalue weighted by molar-refractivity contribution is -0.131. The first kappa shape index (κ1) is 23.4. The lowest BCUT2D eigenvalue weighted by Gasteiger charge is -2.36. The summed E-state index contributed by atoms with van der Waals surface area (Å²) in [7, 11) is -2.13. The van der Waals surface area contributed by atoms with Crippen molar-refractivity contribution in [2.45, 2.75) is 20.4 Å². The lowest BCUT2D eigenvalue weighted by atomic mass is 10.2. The quantitative estimate of drug-likeness (QED) is 0.513. The summed E-state index contributed by atoms with van der Waals surface area (Å²) >= 11 is 0. The molecule has 1 aliphatic rings. The molecule has 11 nitrogen and oxygen atoms in total. The molecule has 0 aliphatic carbocycles. The van der Waals surface area contributed by atoms with Gasteiger partial charge in [-0.15, -0.1) is 0 Å². The first-order valence-corrected chi connectivity index (χ1v) is 11.7. The van der Waals surface area contributed by atoms with Crippen LogP contribution in [0.15, 0.2) is 30.5 Å². The standard InChI is InChI=1S/C20H27N7O4S/c1-4-23-32(30,31)25-18-11-15(7-8-22-18)12-27-10-9-26(13-19(27)28)17-6-5-16(20(29)21-3)24-14(17)2/h5-8,11,23H,4,9-10,12-13H2,1-3H3,(H,21,29)(H,22,25). The Morgan fingerprint density at radius 2 is 2.00 bits per heavy atom. The summed E-state index contributed by atoms with van der Waals surface area (Å²) in [6.07, 6.45) is 1.50. The van der Waals surface area contributed by atoms with Crippen molar-refractivity contribution in [1.82, 2.24) is 24.9 Å². The van der Waals surface area contributed by atoms with E-state index in [1.165, 1.54) is 6.20 Å². The highest BCUT2D eigenvalue weighted by atomic mass is 32.2. The number of nitrogens with zero attached hydrogens (tertiary/aromatic N) is 4. The predicted octanol–water partition coefficient (Wildman–Crippen LogP) is 0.260. The van der Waals surface area contributed by atoms with Crippen LogP contribution in [-0.4, -0.2) is 68.3 Å². The number of aromatic nitrogens is 2. The number of carbonyl (C=O) groups is 2. The van der Waals surface area contributed by atoms with E-state index in [1.54, 1.807) is 43.1 Å². The second-order valence-electron chi connectivity index (χ2n) is 7.27. The van der Waals surface area contributed by atoms with E-state index >= 15 is 0 Å². The van der Waals surface area contributed by atoms with Crippen LogP contribution < -0.4 is 19.7 Å². The van der Waals surface area contributed by atoms with Crippen molar-refractivity contribution in [2.75, 3.05) is 42.8 Å². The molecule has 3 rings (SSSR count). The molecule has 0 radical (unpaired) electrons. The number of amides is 2. The average Bonchev–Trinajstić information content (AvgIpc) is 2.74. The number of anilines is 2. The molecule has 0 unspecified atom stereocenters. The molecule has 2 amide bonds. The SMILES string of the molecule is CCNS(=O)(=O)Nc1cc(CN2CCN(c3ccc(C(=O)NC)nc3C)CC2=O)ccn1. The van der Waals surface area contributed by atoms with Gasteiger partial charge in [0.2, 0.25) is 5.91 Å². The molecule has 1 saturated heterocycles. The van der Waals surface area contributed by atoms with E-state index in [9.17, 15) is 18.0 Å². The Morgan fingerprint density at radius 3 is 2.66 bits per heavy atom. The number of hydrogen-bond donors (Lipinski definition) is 3. The van der Waals surface area contributed by atoms with E-state index in [0.717, 1.165) is 11.3 Å². The first-order chi connectivity index (χ1) is 15.2. The highest BCUT2D eigenvalue weighted by molar-refractivity contribution is 7.90. The van der Waals surface area contributed by atoms with Gasteiger partial charge >= 0.3 is 0 Å². The van der Waals surface area contributed by atoms with Crippen LogP contribution in [0.4, 0.5) is 11.5 Å². The van der Waals surface area contributed by atoms with Crippen molar-refractivity contribution in [1.29, 1.82) is 0 Å². The predicted molar refractivity (Wildman–Crippen MR) is 120 cm³/mol. The molecule has 12 heteroatoms. The Bertz CT molecular complexity index is 1110. The van der Waals surface area contributed by atoms with Gasteiger partial charge in [0.05, 0.1) is 17.9 Å². The van der Waals surface area contributed by atoms with Gasteiger partial charge in [-0.3, -0.25) is 14.3 Å². The van der Waals surface area contributed by atoms with Crippen molar-refractivity contribution in [2.24, 2.45) is 0 Å². The van der Waals surface area contributed by atoms with Crippen LogP contribution in [0.3, 0.4) is 0 Å². The van der Waals surface area contributed by atoms with Crippen molar-refractivity contribution in [3.05, 3.63) is 47.4 Å². The number of pyridine rings is 2. The minimum atomic E-state index is -3.68. The van der Waals surface area contributed by atoms with Gasteiger partial charge in [-0.1, -0.05) is 6.92 Å². The maximum absolute atomic E-state index is 12.8. The van der Waals surface area contributed by atoms with E-state index in [-0.39, 0.29) is 30.7 Å². The molecular formula is C20H27N7O4S. The average molecular weight is 462 g/mol. The zero-order chi connectivity index (χ0) is 23.3. The summed E-state index contributed by atoms with van der Waals surface area (Å²) in [6.45, 7) is 5.39. The molecule has 0 spiro atoms. The summed E-state index contributed by atoms with van der Waals surface area (Å²) in [4.78, 5) is 36.6. The van der Waals surface area contributed by atoms with Crippen LogP contribution in [0.1, 0.15) is 28.7 Å². The number of piperazine rings is 1. The maximum atomic E-state index is 12.8. The van der Waals surface area contributed by atoms with Gasteiger partial charge in [-0.25, -0.2) is 9.97 Å². The summed E-state index contributed by atoms with van der Waals surface area (Å²) in [5, 5.41) is 2.54. The summed E-state index contributed by atoms with van der Waals surface area (Å²) in [5.74, 6) is -0.130. The Hall–Kier alpha value is -3.25. The van der Waals surface area contributed by atoms with Crippen LogP contribution in [0.5, 0.6) is 0 Å². The molecule has 2 aromatic heterocycles. The smallest absolute Gasteiger partial charge is 0.300 e. The van der Waals surface area contributed by atoms with Crippen LogP contribution >= 0.6 is 0 Å². The van der Waals surface area contributed by atoms with Crippen molar-refractivity contribution in [3.8, 4) is 0 Å². The fraction of sp³-hybridized carbons (Fsp3) is 0.400. The molecular weight excluding hydrogens is 434 g/mol. The topological polar surface area (TPSA) is 137 Å². The van der Waals surface area contributed by atoms with Gasteiger partial charge in [-0.2, -0.15) is 13.1 Å². The van der Waals surface area contributed by atoms with Crippen molar-refractivity contribution >= 4 is 33.5 Å². The highest BCUT2D eigenvalue weighted by Gasteiger charge is 2.26. The summed E-state index contributed by atoms with van der Waals surface area (Å²) in [5.41, 5.74) is 2.59. The van der Waals surface area contributed by atoms with E-state index in [1.807, 2.05) is 11.8 Å². The monoisotopic (exact) mass is 461 g/mol. The minimum Gasteiger partial charge on any atom is -0.359 e. The second-order valence-corrected chi connectivity index (χ2v) is 8.77. The van der Waals surface area contributed by atoms with Gasteiger partial charge in [0.15, 0.2) is 0 Å². The molecule has 32 heavy (non-hydrogen) atoms. The third-order valence-corrected chi connectivity index (χ3v) is 6.09. The molecule has 0 aromatic carbocycles. The van der Waals surface area contributed by atoms with Gasteiger partial charge < -0.3 is 15.1 Å². The van der Waals surface area contributed by atoms with Crippen LogP contribution in [-0.2, 0) is 21.5 Å². The zero-order valence-electron chi connectivity index (χ0n) is 18.3. The van der Waals surface area contributed by atoms with Gasteiger partial charge in [0.1, 0.15) is 11.5 Å². The molecule has 0 atom stereocenters. The maximum Gasteiger partial charge on any atom is 0.300 e. The number of rotatable bonds is 8. The molecule has 0 saturated carbocycles. The zero-order valence-corrected chi connectivity index (χ0v) is 19.1. The number of aryl methyl sites for hydroxylation is 1. The molecule has 0 bridgehead atoms. The highest BCUT2D eigenvalue weighted by Crippen LogP contribution is 2.22. The molecule has 1 aliphatic heterocycles. The van der Waals surface area contributed by atoms with E-state index in [2.05, 4.69) is 24.7 Å². The molecule has 3 N–H and O–H groups in total. The minimum absolute atomic E-state index is 0.0578. The third kappa shape index (κ3) is 5.71. The Balaban J connectivity index is 1.65. The van der Waals surface area contributed by atoms with Gasteiger partial charge in [0.25, 0.3) is 16.1 Å². The van der Waals surface area contributed by atoms with E-state index < -0.39 is 10.2 Å². The number of hydrogen-bond acceptors (Lipinski definition) is 7. The van der Waals surface area contributed by atoms with E-state index in [0.29, 0.717) is 31.0 Å². The summed E-state index contributed by atoms with van der Waals surface area (Å²) < 4.78 is 28.4. The Labute approximate surface area is 187 Å². The largest absolute Gasteiger partial charge is 0.359 e. The molecule has 3 heterocycles. The van der Waals surface area contributed by atoms with Crippen LogP contribution in [0, 0.1) is 6.92 Å². The van der Waals surface area contributed by atoms with Crippen molar-refractivity contribution in [3.63, 3.8) is 0 Å². The molecule has 1 fully saturated rings. The van der Waals surface area contributed by atoms with Gasteiger partial charge in [0, 0.05) is 39.4 Å². The first-order valence-electron chi connectivity index (χ1n) is 10.2. The van der Waals surface area contributed by atoms with Crippen LogP contribution in [0.25, 0.3) is 0 Å². The number of carbonyl (C=O) groups excluding carboxylic acids is 2. The second kappa shape index (κ2) is 9.92. The van der Waals surface area contributed by atoms with E-state index in [4.69, 9.17) is 0 Å². The normalized spacial score (nSPS) is 14.4. The lowest BCUT2D eigenvalue weighted by Crippen LogP contribution is -2.50. The third-order valence-electron chi connectivity index (χ3n) is 4.95. The fourth-order valence-electron chi connectivity index (χ4n) is 3.44. The summed E-state index contributed by atoms with van der Waals surface area (Å²) in [6, 6.07) is 6.81. The van der Waals surface area contributed by atoms with Crippen molar-refractivity contribution < 1.29 is 18.0 Å². The number of nitrogens with one attached hydrogen (secondary N) is 3.